The molecule has 51 heavy (non-hydrogen) atoms. The smallest absolute Gasteiger partial charge is 0.106 e. The maximum absolute atomic E-state index is 10.3. The Bertz CT molecular complexity index is 548. The molecule has 0 heterocycles. The average molecular weight is 722 g/mol. The largest absolute Gasteiger partial charge is 0.379 e. The van der Waals surface area contributed by atoms with E-state index in [1.807, 2.05) is 0 Å². The first-order valence-corrected chi connectivity index (χ1v) is 24.3. The molecule has 3 heteroatoms. The van der Waals surface area contributed by atoms with Crippen molar-refractivity contribution in [2.45, 2.75) is 309 Å². The van der Waals surface area contributed by atoms with Crippen LogP contribution in [0.25, 0.3) is 0 Å². The number of unbranched alkanes of at least 4 members (excludes halogenated alkanes) is 40. The van der Waals surface area contributed by atoms with E-state index in [0.717, 1.165) is 25.7 Å². The van der Waals surface area contributed by atoms with Gasteiger partial charge in [0.1, 0.15) is 12.5 Å². The minimum Gasteiger partial charge on any atom is -0.379 e. The number of hydrogen-bond acceptors (Lipinski definition) is 3. The molecule has 0 aliphatic carbocycles. The third-order valence-electron chi connectivity index (χ3n) is 11.5. The van der Waals surface area contributed by atoms with Gasteiger partial charge in [-0.15, -0.1) is 0 Å². The van der Waals surface area contributed by atoms with Crippen LogP contribution in [0.3, 0.4) is 0 Å². The molecule has 0 radical (unpaired) electrons. The lowest BCUT2D eigenvalue weighted by Gasteiger charge is -2.18. The van der Waals surface area contributed by atoms with Crippen molar-refractivity contribution < 1.29 is 10.2 Å². The van der Waals surface area contributed by atoms with Crippen molar-refractivity contribution in [3.63, 3.8) is 0 Å². The molecule has 0 spiro atoms. The lowest BCUT2D eigenvalue weighted by atomic mass is 10.0. The van der Waals surface area contributed by atoms with Crippen LogP contribution < -0.4 is 5.32 Å². The average Bonchev–Trinajstić information content (AvgIpc) is 3.12. The Morgan fingerprint density at radius 1 is 0.235 bits per heavy atom. The fourth-order valence-corrected chi connectivity index (χ4v) is 7.93. The van der Waals surface area contributed by atoms with E-state index >= 15 is 0 Å². The zero-order valence-electron chi connectivity index (χ0n) is 35.7. The van der Waals surface area contributed by atoms with Crippen LogP contribution in [0.1, 0.15) is 296 Å². The van der Waals surface area contributed by atoms with Crippen LogP contribution >= 0.6 is 0 Å². The number of aliphatic hydroxyl groups is 2. The van der Waals surface area contributed by atoms with E-state index in [1.165, 1.54) is 257 Å². The van der Waals surface area contributed by atoms with Crippen LogP contribution in [0.4, 0.5) is 0 Å². The summed E-state index contributed by atoms with van der Waals surface area (Å²) in [5, 5.41) is 23.6. The fraction of sp³-hybridized carbons (Fsp3) is 1.00. The first-order chi connectivity index (χ1) is 25.2. The Morgan fingerprint density at radius 3 is 0.529 bits per heavy atom. The summed E-state index contributed by atoms with van der Waals surface area (Å²) < 4.78 is 0. The molecule has 0 bridgehead atoms. The van der Waals surface area contributed by atoms with E-state index in [-0.39, 0.29) is 0 Å². The highest BCUT2D eigenvalue weighted by molar-refractivity contribution is 4.60. The van der Waals surface area contributed by atoms with Crippen molar-refractivity contribution in [3.8, 4) is 0 Å². The van der Waals surface area contributed by atoms with Gasteiger partial charge in [-0.25, -0.2) is 0 Å². The topological polar surface area (TPSA) is 52.5 Å². The molecule has 0 saturated carbocycles. The predicted octanol–water partition coefficient (Wildman–Crippen LogP) is 16.4. The number of rotatable bonds is 46. The quantitative estimate of drug-likeness (QED) is 0.0433. The van der Waals surface area contributed by atoms with Crippen molar-refractivity contribution in [1.82, 2.24) is 5.32 Å². The molecule has 0 aliphatic rings. The van der Waals surface area contributed by atoms with Gasteiger partial charge in [-0.3, -0.25) is 5.32 Å². The lowest BCUT2D eigenvalue weighted by molar-refractivity contribution is 0.0310. The molecule has 3 nitrogen and oxygen atoms in total. The number of aliphatic hydroxyl groups excluding tert-OH is 2. The zero-order chi connectivity index (χ0) is 37.0. The molecule has 308 valence electrons. The van der Waals surface area contributed by atoms with Crippen LogP contribution in [0.15, 0.2) is 0 Å². The van der Waals surface area contributed by atoms with Gasteiger partial charge in [-0.2, -0.15) is 0 Å². The summed E-state index contributed by atoms with van der Waals surface area (Å²) in [6, 6.07) is 0. The lowest BCUT2D eigenvalue weighted by Crippen LogP contribution is -2.38. The Hall–Kier alpha value is -0.120. The second-order valence-electron chi connectivity index (χ2n) is 16.9. The summed E-state index contributed by atoms with van der Waals surface area (Å²) >= 11 is 0. The van der Waals surface area contributed by atoms with Gasteiger partial charge in [0.2, 0.25) is 0 Å². The summed E-state index contributed by atoms with van der Waals surface area (Å²) in [5.41, 5.74) is 0. The van der Waals surface area contributed by atoms with Crippen molar-refractivity contribution in [3.05, 3.63) is 0 Å². The van der Waals surface area contributed by atoms with E-state index in [2.05, 4.69) is 19.2 Å². The SMILES string of the molecule is CCCCCCCCCCCCCCCCCCCCCCCC(O)NC(O)CCCCCCCCCCCCCCCCCCCCCCC. The fourth-order valence-electron chi connectivity index (χ4n) is 7.93. The maximum atomic E-state index is 10.3. The Kier molecular flexibility index (Phi) is 45.9. The van der Waals surface area contributed by atoms with Crippen LogP contribution in [0.5, 0.6) is 0 Å². The molecule has 0 saturated heterocycles. The van der Waals surface area contributed by atoms with Crippen LogP contribution in [-0.4, -0.2) is 22.7 Å². The number of nitrogens with one attached hydrogen (secondary N) is 1. The normalized spacial score (nSPS) is 12.9. The molecule has 0 amide bonds. The second-order valence-corrected chi connectivity index (χ2v) is 16.9. The highest BCUT2D eigenvalue weighted by Gasteiger charge is 2.09. The third kappa shape index (κ3) is 46.0. The molecular weight excluding hydrogens is 623 g/mol. The summed E-state index contributed by atoms with van der Waals surface area (Å²) in [7, 11) is 0. The van der Waals surface area contributed by atoms with Gasteiger partial charge in [0.05, 0.1) is 0 Å². The minimum absolute atomic E-state index is 0.560. The highest BCUT2D eigenvalue weighted by atomic mass is 16.3. The van der Waals surface area contributed by atoms with E-state index < -0.39 is 12.5 Å². The Balaban J connectivity index is 3.24. The zero-order valence-corrected chi connectivity index (χ0v) is 35.7. The van der Waals surface area contributed by atoms with Gasteiger partial charge in [-0.1, -0.05) is 271 Å². The Morgan fingerprint density at radius 2 is 0.373 bits per heavy atom. The van der Waals surface area contributed by atoms with Crippen LogP contribution in [0.2, 0.25) is 0 Å². The summed E-state index contributed by atoms with van der Waals surface area (Å²) in [6.45, 7) is 4.60. The van der Waals surface area contributed by atoms with E-state index in [9.17, 15) is 10.2 Å². The van der Waals surface area contributed by atoms with E-state index in [1.54, 1.807) is 0 Å². The van der Waals surface area contributed by atoms with Crippen molar-refractivity contribution in [1.29, 1.82) is 0 Å². The predicted molar refractivity (Wildman–Crippen MR) is 230 cm³/mol. The van der Waals surface area contributed by atoms with Crippen molar-refractivity contribution in [2.24, 2.45) is 0 Å². The summed E-state index contributed by atoms with van der Waals surface area (Å²) in [4.78, 5) is 0. The van der Waals surface area contributed by atoms with Gasteiger partial charge >= 0.3 is 0 Å². The standard InChI is InChI=1S/C48H99NO2/c1-3-5-7-9-11-13-15-17-19-21-23-25-27-29-31-33-35-37-39-41-43-45-47(50)49-48(51)46-44-42-40-38-36-34-32-30-28-26-24-22-20-18-16-14-12-10-8-6-4-2/h47-51H,3-46H2,1-2H3. The molecule has 0 aliphatic heterocycles. The maximum Gasteiger partial charge on any atom is 0.106 e. The van der Waals surface area contributed by atoms with Crippen LogP contribution in [0, 0.1) is 0 Å². The molecule has 0 aromatic rings. The van der Waals surface area contributed by atoms with E-state index in [0.29, 0.717) is 0 Å². The molecule has 0 aromatic carbocycles. The first-order valence-electron chi connectivity index (χ1n) is 24.3. The molecule has 2 atom stereocenters. The molecular formula is C48H99NO2. The molecule has 0 aromatic heterocycles. The van der Waals surface area contributed by atoms with Crippen LogP contribution in [-0.2, 0) is 0 Å². The van der Waals surface area contributed by atoms with Crippen molar-refractivity contribution in [2.75, 3.05) is 0 Å². The van der Waals surface area contributed by atoms with E-state index in [4.69, 9.17) is 0 Å². The second kappa shape index (κ2) is 46.0. The first kappa shape index (κ1) is 50.9. The molecule has 3 N–H and O–H groups in total. The van der Waals surface area contributed by atoms with Gasteiger partial charge in [0.25, 0.3) is 0 Å². The highest BCUT2D eigenvalue weighted by Crippen LogP contribution is 2.17. The molecule has 0 rings (SSSR count). The summed E-state index contributed by atoms with van der Waals surface area (Å²) in [6.07, 6.45) is 59.0. The Labute approximate surface area is 323 Å². The monoisotopic (exact) mass is 722 g/mol. The van der Waals surface area contributed by atoms with Gasteiger partial charge in [0.15, 0.2) is 0 Å². The van der Waals surface area contributed by atoms with Gasteiger partial charge in [0, 0.05) is 0 Å². The molecule has 2 unspecified atom stereocenters. The van der Waals surface area contributed by atoms with Gasteiger partial charge < -0.3 is 10.2 Å². The van der Waals surface area contributed by atoms with Gasteiger partial charge in [-0.05, 0) is 25.7 Å². The minimum atomic E-state index is -0.560. The number of hydrogen-bond donors (Lipinski definition) is 3. The van der Waals surface area contributed by atoms with Crippen molar-refractivity contribution >= 4 is 0 Å². The molecule has 0 fully saturated rings. The summed E-state index contributed by atoms with van der Waals surface area (Å²) in [5.74, 6) is 0. The third-order valence-corrected chi connectivity index (χ3v) is 11.5.